The largest absolute Gasteiger partial charge is 0.445 e. The molecule has 0 saturated carbocycles. The maximum Gasteiger partial charge on any atom is 0.411 e. The maximum absolute atomic E-state index is 12.1. The zero-order valence-corrected chi connectivity index (χ0v) is 25.1. The normalized spacial score (nSPS) is 23.8. The lowest BCUT2D eigenvalue weighted by Crippen LogP contribution is -2.49. The van der Waals surface area contributed by atoms with E-state index in [4.69, 9.17) is 25.8 Å². The Balaban J connectivity index is 1.33. The first-order valence-electron chi connectivity index (χ1n) is 14.6. The summed E-state index contributed by atoms with van der Waals surface area (Å²) in [7, 11) is 0. The minimum absolute atomic E-state index is 0.0171. The number of rotatable bonds is 9. The number of nitrogens with one attached hydrogen (secondary N) is 1. The van der Waals surface area contributed by atoms with Crippen LogP contribution in [0.5, 0.6) is 0 Å². The molecule has 0 radical (unpaired) electrons. The van der Waals surface area contributed by atoms with E-state index in [2.05, 4.69) is 23.7 Å². The maximum atomic E-state index is 12.1. The van der Waals surface area contributed by atoms with Crippen LogP contribution in [0.15, 0.2) is 85.5 Å². The highest BCUT2D eigenvalue weighted by molar-refractivity contribution is 6.30. The van der Waals surface area contributed by atoms with Crippen LogP contribution in [0.4, 0.5) is 10.5 Å². The number of benzene rings is 3. The molecule has 5 rings (SSSR count). The van der Waals surface area contributed by atoms with Crippen LogP contribution in [0, 0.1) is 5.92 Å². The Morgan fingerprint density at radius 2 is 1.81 bits per heavy atom. The van der Waals surface area contributed by atoms with Crippen LogP contribution in [0.25, 0.3) is 0 Å². The summed E-state index contributed by atoms with van der Waals surface area (Å²) in [6.45, 7) is 7.90. The third-order valence-electron chi connectivity index (χ3n) is 8.36. The first kappa shape index (κ1) is 31.2. The molecule has 2 aliphatic heterocycles. The first-order chi connectivity index (χ1) is 20.8. The van der Waals surface area contributed by atoms with Crippen molar-refractivity contribution < 1.29 is 29.2 Å². The number of halogens is 1. The second-order valence-corrected chi connectivity index (χ2v) is 11.7. The summed E-state index contributed by atoms with van der Waals surface area (Å²) in [5.74, 6) is 0.0171. The number of aliphatic hydroxyl groups is 2. The fourth-order valence-corrected chi connectivity index (χ4v) is 5.91. The van der Waals surface area contributed by atoms with Crippen molar-refractivity contribution in [2.45, 2.75) is 50.5 Å². The lowest BCUT2D eigenvalue weighted by atomic mass is 9.84. The molecule has 2 fully saturated rings. The monoisotopic (exact) mass is 606 g/mol. The Bertz CT molecular complexity index is 1370. The second-order valence-electron chi connectivity index (χ2n) is 11.3. The molecule has 9 heteroatoms. The van der Waals surface area contributed by atoms with Crippen molar-refractivity contribution in [3.8, 4) is 0 Å². The SMILES string of the molecule is C=CCOC(=O)Nc1cccc(C2OC(CN3CCC(O)(c4ccc(Cl)cc4)CC3)C(C)C(c3ccc(CO)cc3)O2)c1. The smallest absolute Gasteiger partial charge is 0.411 e. The van der Waals surface area contributed by atoms with Gasteiger partial charge in [0.25, 0.3) is 0 Å². The van der Waals surface area contributed by atoms with Crippen molar-refractivity contribution in [3.63, 3.8) is 0 Å². The van der Waals surface area contributed by atoms with Crippen LogP contribution in [-0.4, -0.2) is 53.6 Å². The fourth-order valence-electron chi connectivity index (χ4n) is 5.79. The van der Waals surface area contributed by atoms with Gasteiger partial charge in [0.1, 0.15) is 6.61 Å². The number of carbonyl (C=O) groups is 1. The molecular formula is C34H39ClN2O6. The van der Waals surface area contributed by atoms with E-state index in [-0.39, 0.29) is 31.3 Å². The van der Waals surface area contributed by atoms with Crippen LogP contribution >= 0.6 is 11.6 Å². The van der Waals surface area contributed by atoms with Crippen molar-refractivity contribution in [2.75, 3.05) is 31.6 Å². The minimum atomic E-state index is -0.886. The molecule has 0 bridgehead atoms. The Morgan fingerprint density at radius 1 is 1.09 bits per heavy atom. The fraction of sp³-hybridized carbons (Fsp3) is 0.382. The number of anilines is 1. The first-order valence-corrected chi connectivity index (χ1v) is 15.0. The molecule has 3 aromatic carbocycles. The van der Waals surface area contributed by atoms with Gasteiger partial charge in [0, 0.05) is 41.8 Å². The number of likely N-dealkylation sites (tertiary alicyclic amines) is 1. The average Bonchev–Trinajstić information content (AvgIpc) is 3.02. The van der Waals surface area contributed by atoms with E-state index in [0.29, 0.717) is 30.1 Å². The van der Waals surface area contributed by atoms with Crippen molar-refractivity contribution in [1.29, 1.82) is 0 Å². The van der Waals surface area contributed by atoms with Crippen molar-refractivity contribution in [2.24, 2.45) is 5.92 Å². The van der Waals surface area contributed by atoms with Crippen molar-refractivity contribution in [1.82, 2.24) is 4.90 Å². The molecule has 4 unspecified atom stereocenters. The van der Waals surface area contributed by atoms with Gasteiger partial charge in [-0.25, -0.2) is 4.79 Å². The van der Waals surface area contributed by atoms with Gasteiger partial charge in [0.05, 0.1) is 24.4 Å². The van der Waals surface area contributed by atoms with Crippen LogP contribution in [0.1, 0.15) is 54.4 Å². The quantitative estimate of drug-likeness (QED) is 0.244. The molecule has 1 amide bonds. The van der Waals surface area contributed by atoms with Gasteiger partial charge < -0.3 is 29.3 Å². The average molecular weight is 607 g/mol. The topological polar surface area (TPSA) is 100 Å². The zero-order valence-electron chi connectivity index (χ0n) is 24.3. The molecule has 8 nitrogen and oxygen atoms in total. The summed E-state index contributed by atoms with van der Waals surface area (Å²) >= 11 is 6.07. The number of hydrogen-bond acceptors (Lipinski definition) is 7. The van der Waals surface area contributed by atoms with E-state index in [1.807, 2.05) is 66.7 Å². The molecule has 2 saturated heterocycles. The number of aliphatic hydroxyl groups excluding tert-OH is 1. The van der Waals surface area contributed by atoms with Gasteiger partial charge in [0.2, 0.25) is 0 Å². The standard InChI is InChI=1S/C34H39ClN2O6/c1-3-19-41-33(39)36-29-6-4-5-26(20-29)32-42-30(23(2)31(43-32)25-9-7-24(22-38)8-10-25)21-37-17-15-34(40,16-18-37)27-11-13-28(35)14-12-27/h3-14,20,23,30-32,38,40H,1,15-19,21-22H2,2H3,(H,36,39). The number of ether oxygens (including phenoxy) is 3. The third-order valence-corrected chi connectivity index (χ3v) is 8.62. The minimum Gasteiger partial charge on any atom is -0.445 e. The lowest BCUT2D eigenvalue weighted by molar-refractivity contribution is -0.277. The molecule has 2 heterocycles. The van der Waals surface area contributed by atoms with E-state index in [9.17, 15) is 15.0 Å². The highest BCUT2D eigenvalue weighted by Gasteiger charge is 2.41. The van der Waals surface area contributed by atoms with Gasteiger partial charge in [-0.05, 0) is 53.8 Å². The van der Waals surface area contributed by atoms with E-state index in [1.165, 1.54) is 6.08 Å². The number of hydrogen-bond donors (Lipinski definition) is 3. The summed E-state index contributed by atoms with van der Waals surface area (Å²) in [5.41, 5.74) is 3.17. The van der Waals surface area contributed by atoms with Gasteiger partial charge in [-0.2, -0.15) is 0 Å². The van der Waals surface area contributed by atoms with Gasteiger partial charge in [-0.3, -0.25) is 5.32 Å². The van der Waals surface area contributed by atoms with E-state index in [1.54, 1.807) is 6.07 Å². The zero-order chi connectivity index (χ0) is 30.4. The van der Waals surface area contributed by atoms with Crippen molar-refractivity contribution in [3.05, 3.63) is 113 Å². The summed E-state index contributed by atoms with van der Waals surface area (Å²) < 4.78 is 18.3. The number of nitrogens with zero attached hydrogens (tertiary/aromatic N) is 1. The molecule has 228 valence electrons. The van der Waals surface area contributed by atoms with Gasteiger partial charge in [-0.15, -0.1) is 0 Å². The molecule has 43 heavy (non-hydrogen) atoms. The molecule has 0 aliphatic carbocycles. The molecule has 4 atom stereocenters. The Hall–Kier alpha value is -3.24. The van der Waals surface area contributed by atoms with E-state index in [0.717, 1.165) is 35.3 Å². The van der Waals surface area contributed by atoms with E-state index < -0.39 is 18.0 Å². The van der Waals surface area contributed by atoms with Crippen molar-refractivity contribution >= 4 is 23.4 Å². The molecule has 3 N–H and O–H groups in total. The molecule has 2 aliphatic rings. The Morgan fingerprint density at radius 3 is 2.49 bits per heavy atom. The predicted octanol–water partition coefficient (Wildman–Crippen LogP) is 6.34. The predicted molar refractivity (Wildman–Crippen MR) is 166 cm³/mol. The van der Waals surface area contributed by atoms with E-state index >= 15 is 0 Å². The second kappa shape index (κ2) is 14.0. The molecular weight excluding hydrogens is 568 g/mol. The number of carbonyl (C=O) groups excluding carboxylic acids is 1. The Kier molecular flexibility index (Phi) is 10.2. The van der Waals surface area contributed by atoms with Crippen LogP contribution < -0.4 is 5.32 Å². The van der Waals surface area contributed by atoms with Crippen LogP contribution in [0.2, 0.25) is 5.02 Å². The summed E-state index contributed by atoms with van der Waals surface area (Å²) in [6, 6.07) is 22.6. The molecule has 0 spiro atoms. The third kappa shape index (κ3) is 7.65. The molecule has 3 aromatic rings. The number of amides is 1. The van der Waals surface area contributed by atoms with Crippen LogP contribution in [-0.2, 0) is 26.4 Å². The summed E-state index contributed by atoms with van der Waals surface area (Å²) in [5, 5.41) is 24.3. The van der Waals surface area contributed by atoms with Crippen LogP contribution in [0.3, 0.4) is 0 Å². The highest BCUT2D eigenvalue weighted by Crippen LogP contribution is 2.43. The number of piperidine rings is 1. The Labute approximate surface area is 257 Å². The lowest BCUT2D eigenvalue weighted by Gasteiger charge is -2.45. The molecule has 0 aromatic heterocycles. The summed E-state index contributed by atoms with van der Waals surface area (Å²) in [4.78, 5) is 14.5. The summed E-state index contributed by atoms with van der Waals surface area (Å²) in [6.07, 6.45) is 1.05. The highest BCUT2D eigenvalue weighted by atomic mass is 35.5. The van der Waals surface area contributed by atoms with Gasteiger partial charge in [-0.1, -0.05) is 79.7 Å². The van der Waals surface area contributed by atoms with Gasteiger partial charge in [0.15, 0.2) is 6.29 Å². The van der Waals surface area contributed by atoms with Gasteiger partial charge >= 0.3 is 6.09 Å².